The molecule has 0 amide bonds. The summed E-state index contributed by atoms with van der Waals surface area (Å²) in [7, 11) is -3.65. The molecular weight excluding hydrogens is 330 g/mol. The lowest BCUT2D eigenvalue weighted by Crippen LogP contribution is -2.43. The van der Waals surface area contributed by atoms with Crippen molar-refractivity contribution in [3.05, 3.63) is 18.2 Å². The number of hydrogen-bond donors (Lipinski definition) is 1. The summed E-state index contributed by atoms with van der Waals surface area (Å²) in [5, 5.41) is 0. The molecule has 0 radical (unpaired) electrons. The van der Waals surface area contributed by atoms with E-state index in [1.807, 2.05) is 13.8 Å². The largest absolute Gasteiger partial charge is 0.454 e. The maximum atomic E-state index is 12.7. The number of ether oxygens (including phenoxy) is 2. The zero-order valence-electron chi connectivity index (χ0n) is 13.8. The number of fused-ring (bicyclic) bond motifs is 3. The fraction of sp³-hybridized carbons (Fsp3) is 0.588. The molecule has 0 spiro atoms. The number of hydrogen-bond acceptors (Lipinski definition) is 5. The first kappa shape index (κ1) is 15.7. The van der Waals surface area contributed by atoms with Crippen molar-refractivity contribution in [3.63, 3.8) is 0 Å². The van der Waals surface area contributed by atoms with Gasteiger partial charge in [0, 0.05) is 12.5 Å². The molecule has 7 heteroatoms. The van der Waals surface area contributed by atoms with Crippen LogP contribution in [0.15, 0.2) is 18.2 Å². The highest BCUT2D eigenvalue weighted by Gasteiger charge is 2.65. The van der Waals surface area contributed by atoms with Crippen LogP contribution < -0.4 is 14.2 Å². The lowest BCUT2D eigenvalue weighted by molar-refractivity contribution is -0.128. The van der Waals surface area contributed by atoms with Crippen LogP contribution in [0.4, 0.5) is 5.69 Å². The minimum Gasteiger partial charge on any atom is -0.454 e. The molecule has 3 aliphatic rings. The summed E-state index contributed by atoms with van der Waals surface area (Å²) in [4.78, 5) is 12.5. The lowest BCUT2D eigenvalue weighted by Gasteiger charge is -2.36. The molecule has 1 aromatic rings. The van der Waals surface area contributed by atoms with Crippen molar-refractivity contribution >= 4 is 21.5 Å². The number of nitrogens with one attached hydrogen (secondary N) is 1. The molecule has 1 aromatic carbocycles. The Morgan fingerprint density at radius 3 is 2.67 bits per heavy atom. The summed E-state index contributed by atoms with van der Waals surface area (Å²) in [6.07, 6.45) is 2.09. The van der Waals surface area contributed by atoms with Crippen LogP contribution in [0.5, 0.6) is 11.5 Å². The van der Waals surface area contributed by atoms with Crippen molar-refractivity contribution in [1.82, 2.24) is 0 Å². The second-order valence-electron chi connectivity index (χ2n) is 7.60. The fourth-order valence-electron chi connectivity index (χ4n) is 4.61. The third-order valence-electron chi connectivity index (χ3n) is 6.22. The quantitative estimate of drug-likeness (QED) is 0.901. The maximum Gasteiger partial charge on any atom is 0.233 e. The Morgan fingerprint density at radius 1 is 1.25 bits per heavy atom. The minimum atomic E-state index is -3.65. The number of benzene rings is 1. The van der Waals surface area contributed by atoms with Crippen molar-refractivity contribution in [1.29, 1.82) is 0 Å². The van der Waals surface area contributed by atoms with E-state index >= 15 is 0 Å². The number of anilines is 1. The first-order valence-corrected chi connectivity index (χ1v) is 9.82. The standard InChI is InChI=1S/C17H21NO5S/c1-16(2)11-5-6-17(16,15(19)7-11)9-24(20,21)18-12-3-4-13-14(8-12)23-10-22-13/h3-4,8,11,18H,5-7,9-10H2,1-2H3. The number of ketones is 1. The van der Waals surface area contributed by atoms with Crippen LogP contribution in [0.3, 0.4) is 0 Å². The Labute approximate surface area is 141 Å². The smallest absolute Gasteiger partial charge is 0.233 e. The van der Waals surface area contributed by atoms with Crippen molar-refractivity contribution in [2.24, 2.45) is 16.7 Å². The van der Waals surface area contributed by atoms with Gasteiger partial charge in [-0.15, -0.1) is 0 Å². The van der Waals surface area contributed by atoms with Gasteiger partial charge in [0.25, 0.3) is 0 Å². The molecule has 2 bridgehead atoms. The Kier molecular flexibility index (Phi) is 3.20. The third kappa shape index (κ3) is 2.13. The molecule has 1 aliphatic heterocycles. The Morgan fingerprint density at radius 2 is 2.00 bits per heavy atom. The van der Waals surface area contributed by atoms with E-state index < -0.39 is 15.4 Å². The molecule has 1 heterocycles. The lowest BCUT2D eigenvalue weighted by atomic mass is 9.70. The average Bonchev–Trinajstić information content (AvgIpc) is 3.08. The van der Waals surface area contributed by atoms with Gasteiger partial charge in [0.05, 0.1) is 16.9 Å². The first-order valence-electron chi connectivity index (χ1n) is 8.17. The zero-order chi connectivity index (χ0) is 17.2. The molecule has 2 fully saturated rings. The monoisotopic (exact) mass is 351 g/mol. The first-order chi connectivity index (χ1) is 11.2. The van der Waals surface area contributed by atoms with Gasteiger partial charge in [0.15, 0.2) is 11.5 Å². The SMILES string of the molecule is CC1(C)C2CCC1(CS(=O)(=O)Nc1ccc3c(c1)OCO3)C(=O)C2. The summed E-state index contributed by atoms with van der Waals surface area (Å²) in [6.45, 7) is 4.20. The predicted molar refractivity (Wildman–Crippen MR) is 88.5 cm³/mol. The second kappa shape index (κ2) is 4.88. The average molecular weight is 351 g/mol. The Hall–Kier alpha value is -1.76. The molecule has 2 atom stereocenters. The van der Waals surface area contributed by atoms with Crippen LogP contribution in [-0.2, 0) is 14.8 Å². The summed E-state index contributed by atoms with van der Waals surface area (Å²) in [5.74, 6) is 1.36. The third-order valence-corrected chi connectivity index (χ3v) is 7.64. The van der Waals surface area contributed by atoms with Crippen molar-refractivity contribution < 1.29 is 22.7 Å². The van der Waals surface area contributed by atoms with Gasteiger partial charge in [-0.05, 0) is 36.3 Å². The summed E-state index contributed by atoms with van der Waals surface area (Å²) in [6, 6.07) is 4.92. The van der Waals surface area contributed by atoms with E-state index in [4.69, 9.17) is 9.47 Å². The Bertz CT molecular complexity index is 816. The van der Waals surface area contributed by atoms with E-state index in [9.17, 15) is 13.2 Å². The number of sulfonamides is 1. The summed E-state index contributed by atoms with van der Waals surface area (Å²) in [5.41, 5.74) is -0.610. The van der Waals surface area contributed by atoms with Gasteiger partial charge in [-0.2, -0.15) is 0 Å². The molecule has 1 N–H and O–H groups in total. The van der Waals surface area contributed by atoms with E-state index in [0.29, 0.717) is 35.9 Å². The van der Waals surface area contributed by atoms with Crippen LogP contribution in [0, 0.1) is 16.7 Å². The van der Waals surface area contributed by atoms with Gasteiger partial charge in [0.2, 0.25) is 16.8 Å². The molecular formula is C17H21NO5S. The maximum absolute atomic E-state index is 12.7. The van der Waals surface area contributed by atoms with Crippen molar-refractivity contribution in [2.75, 3.05) is 17.3 Å². The molecule has 4 rings (SSSR count). The van der Waals surface area contributed by atoms with Crippen LogP contribution in [0.25, 0.3) is 0 Å². The molecule has 2 saturated carbocycles. The number of Topliss-reactive ketones (excluding diaryl/α,β-unsaturated/α-hetero) is 1. The van der Waals surface area contributed by atoms with Crippen LogP contribution in [-0.4, -0.2) is 26.7 Å². The minimum absolute atomic E-state index is 0.0970. The molecule has 130 valence electrons. The van der Waals surface area contributed by atoms with Crippen molar-refractivity contribution in [2.45, 2.75) is 33.1 Å². The predicted octanol–water partition coefficient (Wildman–Crippen LogP) is 2.55. The Balaban J connectivity index is 1.59. The molecule has 0 aromatic heterocycles. The van der Waals surface area contributed by atoms with E-state index in [-0.39, 0.29) is 23.7 Å². The van der Waals surface area contributed by atoms with Crippen LogP contribution in [0.2, 0.25) is 0 Å². The highest BCUT2D eigenvalue weighted by Crippen LogP contribution is 2.64. The van der Waals surface area contributed by atoms with Crippen molar-refractivity contribution in [3.8, 4) is 11.5 Å². The highest BCUT2D eigenvalue weighted by molar-refractivity contribution is 7.92. The molecule has 2 unspecified atom stereocenters. The topological polar surface area (TPSA) is 81.7 Å². The van der Waals surface area contributed by atoms with E-state index in [2.05, 4.69) is 4.72 Å². The summed E-state index contributed by atoms with van der Waals surface area (Å²) >= 11 is 0. The number of rotatable bonds is 4. The van der Waals surface area contributed by atoms with Crippen LogP contribution in [0.1, 0.15) is 33.1 Å². The summed E-state index contributed by atoms with van der Waals surface area (Å²) < 4.78 is 38.6. The molecule has 0 saturated heterocycles. The molecule has 2 aliphatic carbocycles. The van der Waals surface area contributed by atoms with Gasteiger partial charge >= 0.3 is 0 Å². The molecule has 6 nitrogen and oxygen atoms in total. The normalized spacial score (nSPS) is 29.9. The molecule has 24 heavy (non-hydrogen) atoms. The van der Waals surface area contributed by atoms with E-state index in [1.54, 1.807) is 18.2 Å². The second-order valence-corrected chi connectivity index (χ2v) is 9.32. The van der Waals surface area contributed by atoms with Gasteiger partial charge in [-0.25, -0.2) is 8.42 Å². The number of carbonyl (C=O) groups excluding carboxylic acids is 1. The van der Waals surface area contributed by atoms with Gasteiger partial charge in [-0.1, -0.05) is 13.8 Å². The van der Waals surface area contributed by atoms with E-state index in [1.165, 1.54) is 0 Å². The van der Waals surface area contributed by atoms with Crippen LogP contribution >= 0.6 is 0 Å². The highest BCUT2D eigenvalue weighted by atomic mass is 32.2. The van der Waals surface area contributed by atoms with Gasteiger partial charge in [0.1, 0.15) is 5.78 Å². The number of carbonyl (C=O) groups is 1. The van der Waals surface area contributed by atoms with Gasteiger partial charge < -0.3 is 9.47 Å². The fourth-order valence-corrected chi connectivity index (χ4v) is 6.49. The van der Waals surface area contributed by atoms with Gasteiger partial charge in [-0.3, -0.25) is 9.52 Å². The van der Waals surface area contributed by atoms with E-state index in [0.717, 1.165) is 6.42 Å². The zero-order valence-corrected chi connectivity index (χ0v) is 14.6.